The fourth-order valence-corrected chi connectivity index (χ4v) is 3.10. The molecule has 1 aliphatic carbocycles. The van der Waals surface area contributed by atoms with Crippen molar-refractivity contribution >= 4 is 15.8 Å². The molecule has 0 bridgehead atoms. The molecule has 1 rings (SSSR count). The Hall–Kier alpha value is -0.780. The Morgan fingerprint density at radius 3 is 2.40 bits per heavy atom. The predicted molar refractivity (Wildman–Crippen MR) is 84.9 cm³/mol. The minimum atomic E-state index is -2.87. The van der Waals surface area contributed by atoms with Crippen LogP contribution in [0.4, 0.5) is 0 Å². The lowest BCUT2D eigenvalue weighted by Gasteiger charge is -2.40. The Labute approximate surface area is 123 Å². The van der Waals surface area contributed by atoms with Crippen molar-refractivity contribution in [3.8, 4) is 0 Å². The molecule has 1 saturated carbocycles. The van der Waals surface area contributed by atoms with Gasteiger partial charge in [-0.15, -0.1) is 0 Å². The lowest BCUT2D eigenvalue weighted by molar-refractivity contribution is 0.139. The zero-order valence-corrected chi connectivity index (χ0v) is 13.9. The fraction of sp³-hybridized carbons (Fsp3) is 0.929. The van der Waals surface area contributed by atoms with Gasteiger partial charge < -0.3 is 10.6 Å². The Kier molecular flexibility index (Phi) is 6.79. The fourth-order valence-electron chi connectivity index (χ4n) is 2.43. The van der Waals surface area contributed by atoms with E-state index < -0.39 is 9.84 Å². The molecule has 0 saturated heterocycles. The Bertz CT molecular complexity index is 409. The van der Waals surface area contributed by atoms with Gasteiger partial charge in [0.2, 0.25) is 0 Å². The van der Waals surface area contributed by atoms with Gasteiger partial charge in [-0.2, -0.15) is 0 Å². The first-order valence-corrected chi connectivity index (χ1v) is 9.67. The molecule has 2 N–H and O–H groups in total. The second-order valence-electron chi connectivity index (χ2n) is 5.81. The molecule has 1 aliphatic rings. The van der Waals surface area contributed by atoms with Crippen molar-refractivity contribution in [3.63, 3.8) is 0 Å². The number of aliphatic imine (C=N–C) groups is 1. The second kappa shape index (κ2) is 7.86. The van der Waals surface area contributed by atoms with Crippen LogP contribution in [-0.4, -0.2) is 46.0 Å². The van der Waals surface area contributed by atoms with Crippen molar-refractivity contribution in [1.82, 2.24) is 10.6 Å². The van der Waals surface area contributed by atoms with E-state index in [1.54, 1.807) is 0 Å². The molecule has 6 heteroatoms. The SMILES string of the molecule is CCNC(=NCC1(CC)CCC1)NCCCS(C)(=O)=O. The van der Waals surface area contributed by atoms with Crippen LogP contribution >= 0.6 is 0 Å². The van der Waals surface area contributed by atoms with Gasteiger partial charge in [0.25, 0.3) is 0 Å². The third-order valence-corrected chi connectivity index (χ3v) is 5.10. The van der Waals surface area contributed by atoms with E-state index in [0.29, 0.717) is 18.4 Å². The summed E-state index contributed by atoms with van der Waals surface area (Å²) in [5, 5.41) is 6.43. The van der Waals surface area contributed by atoms with Gasteiger partial charge in [0, 0.05) is 25.9 Å². The van der Waals surface area contributed by atoms with Gasteiger partial charge in [0.1, 0.15) is 9.84 Å². The van der Waals surface area contributed by atoms with Crippen LogP contribution in [0.25, 0.3) is 0 Å². The molecule has 0 aliphatic heterocycles. The summed E-state index contributed by atoms with van der Waals surface area (Å²) in [6, 6.07) is 0. The third kappa shape index (κ3) is 6.11. The first-order valence-electron chi connectivity index (χ1n) is 7.61. The number of sulfone groups is 1. The van der Waals surface area contributed by atoms with Crippen LogP contribution in [0, 0.1) is 5.41 Å². The Morgan fingerprint density at radius 2 is 1.95 bits per heavy atom. The lowest BCUT2D eigenvalue weighted by atomic mass is 9.67. The monoisotopic (exact) mass is 303 g/mol. The van der Waals surface area contributed by atoms with Crippen LogP contribution in [-0.2, 0) is 9.84 Å². The number of hydrogen-bond acceptors (Lipinski definition) is 3. The van der Waals surface area contributed by atoms with Crippen LogP contribution in [0.1, 0.15) is 46.0 Å². The summed E-state index contributed by atoms with van der Waals surface area (Å²) in [5.41, 5.74) is 0.412. The lowest BCUT2D eigenvalue weighted by Crippen LogP contribution is -2.40. The molecule has 0 heterocycles. The Balaban J connectivity index is 2.39. The summed E-state index contributed by atoms with van der Waals surface area (Å²) in [6.45, 7) is 6.59. The molecular weight excluding hydrogens is 274 g/mol. The van der Waals surface area contributed by atoms with Crippen LogP contribution < -0.4 is 10.6 Å². The average Bonchev–Trinajstić information content (AvgIpc) is 2.32. The van der Waals surface area contributed by atoms with Gasteiger partial charge in [-0.25, -0.2) is 8.42 Å². The number of rotatable bonds is 8. The summed E-state index contributed by atoms with van der Waals surface area (Å²) in [5.74, 6) is 1.03. The molecule has 118 valence electrons. The summed E-state index contributed by atoms with van der Waals surface area (Å²) in [4.78, 5) is 4.66. The molecule has 0 spiro atoms. The molecular formula is C14H29N3O2S. The standard InChI is InChI=1S/C14H29N3O2S/c1-4-14(8-6-9-14)12-17-13(15-5-2)16-10-7-11-20(3,18)19/h4-12H2,1-3H3,(H2,15,16,17). The Morgan fingerprint density at radius 1 is 1.25 bits per heavy atom. The number of nitrogens with one attached hydrogen (secondary N) is 2. The van der Waals surface area contributed by atoms with E-state index in [1.807, 2.05) is 6.92 Å². The highest BCUT2D eigenvalue weighted by Crippen LogP contribution is 2.43. The highest BCUT2D eigenvalue weighted by molar-refractivity contribution is 7.90. The molecule has 0 atom stereocenters. The zero-order valence-electron chi connectivity index (χ0n) is 13.0. The molecule has 0 aromatic rings. The van der Waals surface area contributed by atoms with E-state index >= 15 is 0 Å². The van der Waals surface area contributed by atoms with Crippen LogP contribution in [0.2, 0.25) is 0 Å². The highest BCUT2D eigenvalue weighted by Gasteiger charge is 2.34. The van der Waals surface area contributed by atoms with Crippen LogP contribution in [0.5, 0.6) is 0 Å². The van der Waals surface area contributed by atoms with E-state index in [2.05, 4.69) is 22.5 Å². The van der Waals surface area contributed by atoms with Gasteiger partial charge in [0.05, 0.1) is 5.75 Å². The van der Waals surface area contributed by atoms with E-state index in [0.717, 1.165) is 19.0 Å². The zero-order chi connectivity index (χ0) is 15.1. The van der Waals surface area contributed by atoms with E-state index in [9.17, 15) is 8.42 Å². The van der Waals surface area contributed by atoms with E-state index in [-0.39, 0.29) is 5.75 Å². The molecule has 20 heavy (non-hydrogen) atoms. The van der Waals surface area contributed by atoms with Crippen LogP contribution in [0.15, 0.2) is 4.99 Å². The van der Waals surface area contributed by atoms with Crippen molar-refractivity contribution < 1.29 is 8.42 Å². The average molecular weight is 303 g/mol. The van der Waals surface area contributed by atoms with Gasteiger partial charge in [-0.05, 0) is 38.0 Å². The van der Waals surface area contributed by atoms with Crippen molar-refractivity contribution in [2.24, 2.45) is 10.4 Å². The summed E-state index contributed by atoms with van der Waals surface area (Å²) in [7, 11) is -2.87. The summed E-state index contributed by atoms with van der Waals surface area (Å²) in [6.07, 6.45) is 6.95. The largest absolute Gasteiger partial charge is 0.357 e. The van der Waals surface area contributed by atoms with Gasteiger partial charge in [0.15, 0.2) is 5.96 Å². The predicted octanol–water partition coefficient (Wildman–Crippen LogP) is 1.56. The molecule has 1 fully saturated rings. The quantitative estimate of drug-likeness (QED) is 0.405. The molecule has 0 aromatic heterocycles. The first-order chi connectivity index (χ1) is 9.41. The molecule has 0 aromatic carbocycles. The van der Waals surface area contributed by atoms with Crippen molar-refractivity contribution in [2.75, 3.05) is 31.6 Å². The first kappa shape index (κ1) is 17.3. The minimum Gasteiger partial charge on any atom is -0.357 e. The van der Waals surface area contributed by atoms with Crippen molar-refractivity contribution in [3.05, 3.63) is 0 Å². The van der Waals surface area contributed by atoms with Crippen molar-refractivity contribution in [2.45, 2.75) is 46.0 Å². The molecule has 0 amide bonds. The molecule has 0 unspecified atom stereocenters. The third-order valence-electron chi connectivity index (χ3n) is 4.07. The van der Waals surface area contributed by atoms with E-state index in [1.165, 1.54) is 31.9 Å². The highest BCUT2D eigenvalue weighted by atomic mass is 32.2. The maximum absolute atomic E-state index is 11.1. The maximum atomic E-state index is 11.1. The minimum absolute atomic E-state index is 0.221. The number of hydrogen-bond donors (Lipinski definition) is 2. The van der Waals surface area contributed by atoms with Gasteiger partial charge >= 0.3 is 0 Å². The normalized spacial score (nSPS) is 18.4. The topological polar surface area (TPSA) is 70.6 Å². The van der Waals surface area contributed by atoms with E-state index in [4.69, 9.17) is 0 Å². The van der Waals surface area contributed by atoms with Gasteiger partial charge in [-0.3, -0.25) is 4.99 Å². The van der Waals surface area contributed by atoms with Crippen LogP contribution in [0.3, 0.4) is 0 Å². The summed E-state index contributed by atoms with van der Waals surface area (Å²) >= 11 is 0. The smallest absolute Gasteiger partial charge is 0.191 e. The maximum Gasteiger partial charge on any atom is 0.191 e. The van der Waals surface area contributed by atoms with Gasteiger partial charge in [-0.1, -0.05) is 13.3 Å². The second-order valence-corrected chi connectivity index (χ2v) is 8.07. The van der Waals surface area contributed by atoms with Crippen molar-refractivity contribution in [1.29, 1.82) is 0 Å². The molecule has 5 nitrogen and oxygen atoms in total. The number of guanidine groups is 1. The summed E-state index contributed by atoms with van der Waals surface area (Å²) < 4.78 is 22.1. The molecule has 0 radical (unpaired) electrons. The number of nitrogens with zero attached hydrogens (tertiary/aromatic N) is 1.